The standard InChI is InChI=1S/C90H64BN3Si2/c1-9-33-65(34-10-1)78-55-31-59-84-88(78)91-89-79(66-35-11-2-12-36-66)56-32-60-85(89)93(68-38-30-52-77(62-68)96(73-45-19-6-20-46-73,74-47-21-7-22-48-74)75-49-23-8-24-50-75)87-64-69(94-82-57-27-25-53-80(82)81-54-26-28-58-83(81)94)63-86(90(87)91)92(84)67-37-29-51-76(61-67)95(70-39-13-3-14-40-70,71-41-15-4-16-42-71)72-43-17-5-18-44-72/h1-64H. The number of hydrogen-bond acceptors (Lipinski definition) is 2. The fraction of sp³-hybridized carbons (Fsp3) is 0. The maximum atomic E-state index is 2.65. The molecule has 96 heavy (non-hydrogen) atoms. The molecule has 18 rings (SSSR count). The molecule has 3 heterocycles. The number of fused-ring (bicyclic) bond motifs is 7. The van der Waals surface area contributed by atoms with Crippen molar-refractivity contribution in [2.45, 2.75) is 0 Å². The lowest BCUT2D eigenvalue weighted by atomic mass is 9.32. The number of benzene rings is 15. The summed E-state index contributed by atoms with van der Waals surface area (Å²) in [4.78, 5) is 5.31. The van der Waals surface area contributed by atoms with E-state index < -0.39 is 16.1 Å². The molecule has 0 N–H and O–H groups in total. The lowest BCUT2D eigenvalue weighted by Gasteiger charge is -2.46. The Bertz CT molecular complexity index is 5010. The molecule has 0 radical (unpaired) electrons. The first-order valence-electron chi connectivity index (χ1n) is 33.4. The fourth-order valence-corrected chi connectivity index (χ4v) is 26.2. The van der Waals surface area contributed by atoms with Crippen LogP contribution < -0.4 is 67.7 Å². The molecule has 0 amide bonds. The average molecular weight is 1250 g/mol. The van der Waals surface area contributed by atoms with Gasteiger partial charge in [-0.2, -0.15) is 0 Å². The van der Waals surface area contributed by atoms with Crippen LogP contribution in [0, 0.1) is 0 Å². The SMILES string of the molecule is c1ccc(-c2cccc3c2B2c4c(-c5ccccc5)cccc4N(c4cccc([Si](c5ccccc5)(c5ccccc5)c5ccccc5)c4)c4cc(-n5c6ccccc6c6ccccc65)cc(c42)N3c2cccc([Si](c3ccccc3)(c3ccccc3)c3ccccc3)c2)cc1. The van der Waals surface area contributed by atoms with E-state index in [0.717, 1.165) is 50.8 Å². The van der Waals surface area contributed by atoms with E-state index in [4.69, 9.17) is 0 Å². The fourth-order valence-electron chi connectivity index (χ4n) is 16.6. The Morgan fingerprint density at radius 3 is 0.844 bits per heavy atom. The number of hydrogen-bond donors (Lipinski definition) is 0. The van der Waals surface area contributed by atoms with Gasteiger partial charge >= 0.3 is 0 Å². The van der Waals surface area contributed by atoms with E-state index in [2.05, 4.69) is 403 Å². The third kappa shape index (κ3) is 8.94. The van der Waals surface area contributed by atoms with Crippen LogP contribution in [0.5, 0.6) is 0 Å². The van der Waals surface area contributed by atoms with Gasteiger partial charge in [0.2, 0.25) is 0 Å². The van der Waals surface area contributed by atoms with Crippen LogP contribution in [0.1, 0.15) is 0 Å². The summed E-state index contributed by atoms with van der Waals surface area (Å²) in [6.07, 6.45) is 0. The second kappa shape index (κ2) is 23.6. The highest BCUT2D eigenvalue weighted by Gasteiger charge is 2.48. The zero-order valence-corrected chi connectivity index (χ0v) is 54.9. The van der Waals surface area contributed by atoms with Crippen LogP contribution in [0.15, 0.2) is 388 Å². The van der Waals surface area contributed by atoms with Crippen molar-refractivity contribution in [3.8, 4) is 27.9 Å². The molecule has 0 saturated carbocycles. The normalized spacial score (nSPS) is 12.5. The van der Waals surface area contributed by atoms with Crippen molar-refractivity contribution < 1.29 is 0 Å². The number of rotatable bonds is 13. The average Bonchev–Trinajstić information content (AvgIpc) is 1.10. The van der Waals surface area contributed by atoms with Crippen molar-refractivity contribution in [1.29, 1.82) is 0 Å². The molecule has 0 bridgehead atoms. The Labute approximate surface area is 563 Å². The van der Waals surface area contributed by atoms with Gasteiger partial charge in [-0.15, -0.1) is 0 Å². The molecule has 0 aliphatic carbocycles. The van der Waals surface area contributed by atoms with Gasteiger partial charge in [-0.1, -0.05) is 328 Å². The van der Waals surface area contributed by atoms with Gasteiger partial charge in [-0.3, -0.25) is 0 Å². The molecule has 0 saturated heterocycles. The van der Waals surface area contributed by atoms with Gasteiger partial charge < -0.3 is 14.4 Å². The Balaban J connectivity index is 0.995. The van der Waals surface area contributed by atoms with E-state index in [9.17, 15) is 0 Å². The van der Waals surface area contributed by atoms with Gasteiger partial charge in [0.1, 0.15) is 0 Å². The van der Waals surface area contributed by atoms with E-state index in [1.165, 1.54) is 90.9 Å². The van der Waals surface area contributed by atoms with E-state index in [1.54, 1.807) is 0 Å². The summed E-state index contributed by atoms with van der Waals surface area (Å²) in [6.45, 7) is -0.239. The molecule has 16 aromatic rings. The highest BCUT2D eigenvalue weighted by molar-refractivity contribution is 7.20. The molecule has 0 fully saturated rings. The number of nitrogens with zero attached hydrogens (tertiary/aromatic N) is 3. The van der Waals surface area contributed by atoms with Crippen LogP contribution in [-0.4, -0.2) is 27.4 Å². The highest BCUT2D eigenvalue weighted by Crippen LogP contribution is 2.48. The lowest BCUT2D eigenvalue weighted by Crippen LogP contribution is -2.74. The minimum Gasteiger partial charge on any atom is -0.311 e. The van der Waals surface area contributed by atoms with Crippen molar-refractivity contribution in [3.63, 3.8) is 0 Å². The predicted octanol–water partition coefficient (Wildman–Crippen LogP) is 15.0. The van der Waals surface area contributed by atoms with Crippen LogP contribution in [0.3, 0.4) is 0 Å². The predicted molar refractivity (Wildman–Crippen MR) is 413 cm³/mol. The zero-order chi connectivity index (χ0) is 63.6. The van der Waals surface area contributed by atoms with Crippen LogP contribution in [-0.2, 0) is 0 Å². The van der Waals surface area contributed by atoms with Gasteiger partial charge in [0.25, 0.3) is 6.71 Å². The number of anilines is 6. The van der Waals surface area contributed by atoms with Crippen LogP contribution in [0.4, 0.5) is 34.1 Å². The highest BCUT2D eigenvalue weighted by atomic mass is 28.3. The molecule has 15 aromatic carbocycles. The van der Waals surface area contributed by atoms with Gasteiger partial charge in [0.05, 0.1) is 16.7 Å². The van der Waals surface area contributed by atoms with Crippen molar-refractivity contribution in [2.75, 3.05) is 9.80 Å². The first-order valence-corrected chi connectivity index (χ1v) is 37.4. The first kappa shape index (κ1) is 56.9. The van der Waals surface area contributed by atoms with E-state index in [0.29, 0.717) is 0 Å². The molecule has 450 valence electrons. The smallest absolute Gasteiger partial charge is 0.253 e. The van der Waals surface area contributed by atoms with Crippen LogP contribution >= 0.6 is 0 Å². The molecule has 3 nitrogen and oxygen atoms in total. The van der Waals surface area contributed by atoms with E-state index in [1.807, 2.05) is 0 Å². The summed E-state index contributed by atoms with van der Waals surface area (Å²) in [5.41, 5.74) is 18.7. The largest absolute Gasteiger partial charge is 0.311 e. The second-order valence-electron chi connectivity index (χ2n) is 25.4. The van der Waals surface area contributed by atoms with Gasteiger partial charge in [0.15, 0.2) is 16.1 Å². The van der Waals surface area contributed by atoms with Crippen molar-refractivity contribution in [3.05, 3.63) is 388 Å². The Morgan fingerprint density at radius 1 is 0.208 bits per heavy atom. The third-order valence-electron chi connectivity index (χ3n) is 20.4. The summed E-state index contributed by atoms with van der Waals surface area (Å²) in [5.74, 6) is 0. The quantitative estimate of drug-likeness (QED) is 0.0842. The minimum atomic E-state index is -3.06. The Morgan fingerprint density at radius 2 is 0.500 bits per heavy atom. The van der Waals surface area contributed by atoms with Crippen LogP contribution in [0.25, 0.3) is 49.7 Å². The van der Waals surface area contributed by atoms with Gasteiger partial charge in [0, 0.05) is 44.9 Å². The summed E-state index contributed by atoms with van der Waals surface area (Å²) in [6, 6.07) is 147. The van der Waals surface area contributed by atoms with Crippen molar-refractivity contribution in [2.24, 2.45) is 0 Å². The summed E-state index contributed by atoms with van der Waals surface area (Å²) in [7, 11) is -6.11. The van der Waals surface area contributed by atoms with Crippen molar-refractivity contribution >= 4 is 137 Å². The molecule has 2 aliphatic heterocycles. The molecule has 0 unspecified atom stereocenters. The second-order valence-corrected chi connectivity index (χ2v) is 33.0. The maximum Gasteiger partial charge on any atom is 0.253 e. The minimum absolute atomic E-state index is 0.239. The molecule has 0 spiro atoms. The first-order chi connectivity index (χ1) is 47.7. The Hall–Kier alpha value is -11.8. The van der Waals surface area contributed by atoms with E-state index in [-0.39, 0.29) is 6.71 Å². The summed E-state index contributed by atoms with van der Waals surface area (Å²) >= 11 is 0. The molecule has 6 heteroatoms. The molecular formula is C90H64BN3Si2. The van der Waals surface area contributed by atoms with Crippen molar-refractivity contribution in [1.82, 2.24) is 4.57 Å². The van der Waals surface area contributed by atoms with Gasteiger partial charge in [-0.05, 0) is 141 Å². The molecular weight excluding hydrogens is 1190 g/mol. The molecule has 1 aromatic heterocycles. The Kier molecular flexibility index (Phi) is 14.0. The lowest BCUT2D eigenvalue weighted by molar-refractivity contribution is 1.16. The molecule has 2 aliphatic rings. The zero-order valence-electron chi connectivity index (χ0n) is 52.9. The van der Waals surface area contributed by atoms with Crippen LogP contribution in [0.2, 0.25) is 0 Å². The maximum absolute atomic E-state index is 3.06. The van der Waals surface area contributed by atoms with Gasteiger partial charge in [-0.25, -0.2) is 0 Å². The third-order valence-corrected chi connectivity index (χ3v) is 30.0. The summed E-state index contributed by atoms with van der Waals surface area (Å²) in [5, 5.41) is 13.0. The molecule has 0 atom stereocenters. The number of para-hydroxylation sites is 2. The number of aromatic nitrogens is 1. The topological polar surface area (TPSA) is 11.4 Å². The van der Waals surface area contributed by atoms with E-state index >= 15 is 0 Å². The monoisotopic (exact) mass is 1250 g/mol. The summed E-state index contributed by atoms with van der Waals surface area (Å²) < 4.78 is 2.53.